The summed E-state index contributed by atoms with van der Waals surface area (Å²) < 4.78 is 0. The summed E-state index contributed by atoms with van der Waals surface area (Å²) in [5.74, 6) is 0. The Morgan fingerprint density at radius 3 is 1.76 bits per heavy atom. The van der Waals surface area contributed by atoms with Crippen molar-refractivity contribution < 1.29 is 0 Å². The predicted octanol–water partition coefficient (Wildman–Crippen LogP) is 1.68. The van der Waals surface area contributed by atoms with Crippen LogP contribution in [-0.4, -0.2) is 55.1 Å². The third kappa shape index (κ3) is 4.94. The molecule has 2 fully saturated rings. The van der Waals surface area contributed by atoms with Gasteiger partial charge in [0, 0.05) is 19.1 Å². The molecule has 0 aromatic carbocycles. The van der Waals surface area contributed by atoms with E-state index in [4.69, 9.17) is 5.73 Å². The van der Waals surface area contributed by atoms with E-state index in [9.17, 15) is 0 Å². The first-order valence-electron chi connectivity index (χ1n) is 7.55. The third-order valence-corrected chi connectivity index (χ3v) is 4.31. The second-order valence-electron chi connectivity index (χ2n) is 5.79. The molecule has 0 radical (unpaired) electrons. The molecule has 2 N–H and O–H groups in total. The monoisotopic (exact) mass is 239 g/mol. The summed E-state index contributed by atoms with van der Waals surface area (Å²) >= 11 is 0. The number of rotatable bonds is 3. The lowest BCUT2D eigenvalue weighted by atomic mass is 10.1. The van der Waals surface area contributed by atoms with E-state index in [2.05, 4.69) is 9.80 Å². The molecule has 0 saturated carbocycles. The maximum atomic E-state index is 5.94. The summed E-state index contributed by atoms with van der Waals surface area (Å²) in [7, 11) is 0. The van der Waals surface area contributed by atoms with Gasteiger partial charge in [0.15, 0.2) is 0 Å². The zero-order chi connectivity index (χ0) is 11.9. The molecule has 2 rings (SSSR count). The van der Waals surface area contributed by atoms with Gasteiger partial charge in [-0.1, -0.05) is 19.3 Å². The van der Waals surface area contributed by atoms with E-state index < -0.39 is 0 Å². The van der Waals surface area contributed by atoms with Crippen molar-refractivity contribution >= 4 is 0 Å². The average Bonchev–Trinajstić information content (AvgIpc) is 2.30. The molecule has 0 spiro atoms. The van der Waals surface area contributed by atoms with E-state index in [1.54, 1.807) is 0 Å². The van der Waals surface area contributed by atoms with Gasteiger partial charge >= 0.3 is 0 Å². The van der Waals surface area contributed by atoms with E-state index in [-0.39, 0.29) is 0 Å². The van der Waals surface area contributed by atoms with Crippen molar-refractivity contribution in [3.63, 3.8) is 0 Å². The van der Waals surface area contributed by atoms with Crippen LogP contribution >= 0.6 is 0 Å². The zero-order valence-electron chi connectivity index (χ0n) is 11.2. The van der Waals surface area contributed by atoms with Gasteiger partial charge in [-0.05, 0) is 51.9 Å². The molecule has 2 aliphatic heterocycles. The molecule has 3 nitrogen and oxygen atoms in total. The largest absolute Gasteiger partial charge is 0.328 e. The van der Waals surface area contributed by atoms with Crippen LogP contribution in [0.2, 0.25) is 0 Å². The fourth-order valence-electron chi connectivity index (χ4n) is 3.00. The quantitative estimate of drug-likeness (QED) is 0.813. The Balaban J connectivity index is 1.62. The minimum atomic E-state index is 0.466. The summed E-state index contributed by atoms with van der Waals surface area (Å²) in [4.78, 5) is 5.27. The zero-order valence-corrected chi connectivity index (χ0v) is 11.2. The highest BCUT2D eigenvalue weighted by Gasteiger charge is 2.16. The van der Waals surface area contributed by atoms with Gasteiger partial charge in [0.05, 0.1) is 0 Å². The Kier molecular flexibility index (Phi) is 5.75. The van der Waals surface area contributed by atoms with Crippen LogP contribution < -0.4 is 5.73 Å². The number of likely N-dealkylation sites (tertiary alicyclic amines) is 2. The van der Waals surface area contributed by atoms with Crippen LogP contribution in [0.25, 0.3) is 0 Å². The molecule has 0 atom stereocenters. The second-order valence-corrected chi connectivity index (χ2v) is 5.79. The summed E-state index contributed by atoms with van der Waals surface area (Å²) in [6.45, 7) is 7.62. The molecule has 2 saturated heterocycles. The molecule has 2 aliphatic rings. The number of hydrogen-bond donors (Lipinski definition) is 1. The number of hydrogen-bond acceptors (Lipinski definition) is 3. The van der Waals surface area contributed by atoms with Crippen LogP contribution in [0.3, 0.4) is 0 Å². The van der Waals surface area contributed by atoms with Crippen molar-refractivity contribution in [2.24, 2.45) is 5.73 Å². The SMILES string of the molecule is NC1CCN(CCN2CCCCCCC2)CC1. The fourth-order valence-corrected chi connectivity index (χ4v) is 3.00. The molecule has 2 heterocycles. The highest BCUT2D eigenvalue weighted by Crippen LogP contribution is 2.11. The molecule has 17 heavy (non-hydrogen) atoms. The van der Waals surface area contributed by atoms with Crippen molar-refractivity contribution in [3.05, 3.63) is 0 Å². The van der Waals surface area contributed by atoms with Crippen molar-refractivity contribution in [1.82, 2.24) is 9.80 Å². The van der Waals surface area contributed by atoms with Gasteiger partial charge in [-0.2, -0.15) is 0 Å². The molecule has 0 aromatic rings. The minimum Gasteiger partial charge on any atom is -0.328 e. The highest BCUT2D eigenvalue weighted by molar-refractivity contribution is 4.75. The second kappa shape index (κ2) is 7.34. The molecule has 0 unspecified atom stereocenters. The molecule has 3 heteroatoms. The molecule has 0 bridgehead atoms. The topological polar surface area (TPSA) is 32.5 Å². The lowest BCUT2D eigenvalue weighted by Gasteiger charge is -2.32. The normalized spacial score (nSPS) is 26.6. The summed E-state index contributed by atoms with van der Waals surface area (Å²) in [6, 6.07) is 0.466. The van der Waals surface area contributed by atoms with Gasteiger partial charge < -0.3 is 15.5 Å². The van der Waals surface area contributed by atoms with Crippen molar-refractivity contribution in [1.29, 1.82) is 0 Å². The van der Waals surface area contributed by atoms with Gasteiger partial charge in [-0.3, -0.25) is 0 Å². The van der Waals surface area contributed by atoms with Crippen LogP contribution in [0.15, 0.2) is 0 Å². The minimum absolute atomic E-state index is 0.466. The predicted molar refractivity (Wildman–Crippen MR) is 73.2 cm³/mol. The lowest BCUT2D eigenvalue weighted by Crippen LogP contribution is -2.43. The number of nitrogens with two attached hydrogens (primary N) is 1. The van der Waals surface area contributed by atoms with Crippen LogP contribution in [-0.2, 0) is 0 Å². The third-order valence-electron chi connectivity index (χ3n) is 4.31. The first-order valence-corrected chi connectivity index (χ1v) is 7.55. The first kappa shape index (κ1) is 13.3. The molecule has 0 amide bonds. The standard InChI is InChI=1S/C14H29N3/c15-14-6-10-17(11-7-14)13-12-16-8-4-2-1-3-5-9-16/h14H,1-13,15H2. The van der Waals surface area contributed by atoms with Crippen molar-refractivity contribution in [2.45, 2.75) is 51.0 Å². The van der Waals surface area contributed by atoms with Crippen molar-refractivity contribution in [2.75, 3.05) is 39.3 Å². The van der Waals surface area contributed by atoms with E-state index in [0.717, 1.165) is 0 Å². The average molecular weight is 239 g/mol. The Morgan fingerprint density at radius 2 is 1.18 bits per heavy atom. The lowest BCUT2D eigenvalue weighted by molar-refractivity contribution is 0.167. The number of piperidine rings is 1. The fraction of sp³-hybridized carbons (Fsp3) is 1.00. The molecular formula is C14H29N3. The van der Waals surface area contributed by atoms with Crippen molar-refractivity contribution in [3.8, 4) is 0 Å². The van der Waals surface area contributed by atoms with E-state index in [1.807, 2.05) is 0 Å². The van der Waals surface area contributed by atoms with Crippen LogP contribution in [0, 0.1) is 0 Å². The maximum Gasteiger partial charge on any atom is 0.0109 e. The summed E-state index contributed by atoms with van der Waals surface area (Å²) in [5.41, 5.74) is 5.94. The van der Waals surface area contributed by atoms with Gasteiger partial charge in [-0.25, -0.2) is 0 Å². The smallest absolute Gasteiger partial charge is 0.0109 e. The Hall–Kier alpha value is -0.120. The molecule has 0 aromatic heterocycles. The molecule has 0 aliphatic carbocycles. The first-order chi connectivity index (χ1) is 8.34. The van der Waals surface area contributed by atoms with Gasteiger partial charge in [0.2, 0.25) is 0 Å². The van der Waals surface area contributed by atoms with Gasteiger partial charge in [0.1, 0.15) is 0 Å². The van der Waals surface area contributed by atoms with Crippen LogP contribution in [0.1, 0.15) is 44.9 Å². The van der Waals surface area contributed by atoms with E-state index >= 15 is 0 Å². The van der Waals surface area contributed by atoms with Gasteiger partial charge in [0.25, 0.3) is 0 Å². The van der Waals surface area contributed by atoms with E-state index in [0.29, 0.717) is 6.04 Å². The summed E-state index contributed by atoms with van der Waals surface area (Å²) in [6.07, 6.45) is 9.54. The Labute approximate surface area is 106 Å². The number of nitrogens with zero attached hydrogens (tertiary/aromatic N) is 2. The maximum absolute atomic E-state index is 5.94. The van der Waals surface area contributed by atoms with Gasteiger partial charge in [-0.15, -0.1) is 0 Å². The van der Waals surface area contributed by atoms with Crippen LogP contribution in [0.4, 0.5) is 0 Å². The molecule has 100 valence electrons. The van der Waals surface area contributed by atoms with Crippen LogP contribution in [0.5, 0.6) is 0 Å². The Bertz CT molecular complexity index is 192. The molecular weight excluding hydrogens is 210 g/mol. The van der Waals surface area contributed by atoms with E-state index in [1.165, 1.54) is 84.2 Å². The summed E-state index contributed by atoms with van der Waals surface area (Å²) in [5, 5.41) is 0. The Morgan fingerprint density at radius 1 is 0.706 bits per heavy atom. The highest BCUT2D eigenvalue weighted by atomic mass is 15.2.